The smallest absolute Gasteiger partial charge is 0.298 e. The molecule has 3 rings (SSSR count). The second kappa shape index (κ2) is 11.8. The second-order valence-electron chi connectivity index (χ2n) is 7.55. The van der Waals surface area contributed by atoms with E-state index < -0.39 is 0 Å². The van der Waals surface area contributed by atoms with Gasteiger partial charge >= 0.3 is 0 Å². The Labute approximate surface area is 187 Å². The highest BCUT2D eigenvalue weighted by atomic mass is 16.5. The fourth-order valence-corrected chi connectivity index (χ4v) is 3.58. The molecular formula is C24H28N4O4. The molecule has 2 aromatic carbocycles. The summed E-state index contributed by atoms with van der Waals surface area (Å²) in [5, 5.41) is 14.2. The summed E-state index contributed by atoms with van der Waals surface area (Å²) < 4.78 is 4.90. The number of rotatable bonds is 10. The monoisotopic (exact) mass is 436 g/mol. The largest absolute Gasteiger partial charge is 0.507 e. The third-order valence-corrected chi connectivity index (χ3v) is 5.23. The number of hydrogen-bond acceptors (Lipinski definition) is 7. The van der Waals surface area contributed by atoms with Gasteiger partial charge in [0.05, 0.1) is 12.8 Å². The lowest BCUT2D eigenvalue weighted by Gasteiger charge is -2.34. The maximum absolute atomic E-state index is 12.2. The van der Waals surface area contributed by atoms with Crippen molar-refractivity contribution >= 4 is 18.6 Å². The molecule has 0 saturated carbocycles. The molecule has 0 spiro atoms. The Bertz CT molecular complexity index is 968. The van der Waals surface area contributed by atoms with E-state index in [0.29, 0.717) is 24.2 Å². The molecule has 1 aliphatic heterocycles. The number of phenolic OH excluding ortho intramolecular Hbond substituents is 1. The summed E-state index contributed by atoms with van der Waals surface area (Å²) in [6, 6.07) is 12.9. The first-order chi connectivity index (χ1) is 15.6. The van der Waals surface area contributed by atoms with Crippen LogP contribution >= 0.6 is 0 Å². The van der Waals surface area contributed by atoms with Crippen LogP contribution in [0.1, 0.15) is 16.7 Å². The van der Waals surface area contributed by atoms with Crippen LogP contribution in [0.5, 0.6) is 11.5 Å². The molecule has 0 aliphatic carbocycles. The van der Waals surface area contributed by atoms with Crippen molar-refractivity contribution in [2.45, 2.75) is 13.0 Å². The van der Waals surface area contributed by atoms with Crippen LogP contribution in [-0.2, 0) is 22.6 Å². The molecule has 8 nitrogen and oxygen atoms in total. The van der Waals surface area contributed by atoms with E-state index in [4.69, 9.17) is 4.74 Å². The molecule has 1 amide bonds. The van der Waals surface area contributed by atoms with Gasteiger partial charge in [-0.1, -0.05) is 30.3 Å². The van der Waals surface area contributed by atoms with Gasteiger partial charge in [-0.15, -0.1) is 6.58 Å². The van der Waals surface area contributed by atoms with Gasteiger partial charge in [0.25, 0.3) is 12.4 Å². The predicted octanol–water partition coefficient (Wildman–Crippen LogP) is 1.92. The van der Waals surface area contributed by atoms with Crippen LogP contribution in [0.3, 0.4) is 0 Å². The second-order valence-corrected chi connectivity index (χ2v) is 7.55. The van der Waals surface area contributed by atoms with Gasteiger partial charge in [0, 0.05) is 38.3 Å². The van der Waals surface area contributed by atoms with Crippen molar-refractivity contribution in [3.8, 4) is 11.5 Å². The van der Waals surface area contributed by atoms with Crippen molar-refractivity contribution in [1.82, 2.24) is 15.2 Å². The topological polar surface area (TPSA) is 94.5 Å². The molecule has 2 N–H and O–H groups in total. The number of hydrazone groups is 1. The Morgan fingerprint density at radius 3 is 2.66 bits per heavy atom. The molecule has 0 aromatic heterocycles. The molecule has 1 saturated heterocycles. The molecule has 32 heavy (non-hydrogen) atoms. The molecule has 8 heteroatoms. The van der Waals surface area contributed by atoms with Crippen molar-refractivity contribution in [1.29, 1.82) is 0 Å². The van der Waals surface area contributed by atoms with E-state index in [-0.39, 0.29) is 18.2 Å². The minimum absolute atomic E-state index is 0.143. The number of carbonyl (C=O) groups excluding carboxylic acids is 2. The fraction of sp³-hybridized carbons (Fsp3) is 0.292. The third kappa shape index (κ3) is 6.76. The molecule has 0 unspecified atom stereocenters. The van der Waals surface area contributed by atoms with Crippen molar-refractivity contribution in [2.24, 2.45) is 5.10 Å². The highest BCUT2D eigenvalue weighted by molar-refractivity contribution is 5.86. The first-order valence-corrected chi connectivity index (χ1v) is 10.5. The van der Waals surface area contributed by atoms with Gasteiger partial charge in [0.1, 0.15) is 11.5 Å². The Balaban J connectivity index is 1.42. The first kappa shape index (κ1) is 23.2. The van der Waals surface area contributed by atoms with Crippen molar-refractivity contribution < 1.29 is 19.4 Å². The molecular weight excluding hydrogens is 408 g/mol. The van der Waals surface area contributed by atoms with Gasteiger partial charge in [0.15, 0.2) is 0 Å². The van der Waals surface area contributed by atoms with Crippen LogP contribution in [0.2, 0.25) is 0 Å². The normalized spacial score (nSPS) is 14.9. The van der Waals surface area contributed by atoms with E-state index in [1.165, 1.54) is 6.21 Å². The average molecular weight is 437 g/mol. The van der Waals surface area contributed by atoms with Crippen LogP contribution < -0.4 is 10.2 Å². The first-order valence-electron chi connectivity index (χ1n) is 10.5. The number of para-hydroxylation sites is 1. The SMILES string of the molecule is C=CCc1cccc(C=NNC(=O)CN2CCN(Cc3cccc(OC=O)c3)CC2)c1O. The summed E-state index contributed by atoms with van der Waals surface area (Å²) in [5.41, 5.74) is 4.91. The zero-order valence-electron chi connectivity index (χ0n) is 17.9. The Hall–Kier alpha value is -3.49. The number of allylic oxidation sites excluding steroid dienone is 1. The average Bonchev–Trinajstić information content (AvgIpc) is 2.78. The van der Waals surface area contributed by atoms with E-state index in [1.54, 1.807) is 18.2 Å². The van der Waals surface area contributed by atoms with Crippen molar-refractivity contribution in [2.75, 3.05) is 32.7 Å². The van der Waals surface area contributed by atoms with Crippen LogP contribution in [0.25, 0.3) is 0 Å². The minimum atomic E-state index is -0.199. The van der Waals surface area contributed by atoms with Crippen LogP contribution in [-0.4, -0.2) is 66.2 Å². The number of nitrogens with zero attached hydrogens (tertiary/aromatic N) is 3. The lowest BCUT2D eigenvalue weighted by molar-refractivity contribution is -0.123. The number of benzene rings is 2. The number of carbonyl (C=O) groups is 2. The van der Waals surface area contributed by atoms with E-state index >= 15 is 0 Å². The summed E-state index contributed by atoms with van der Waals surface area (Å²) in [6.07, 6.45) is 3.72. The summed E-state index contributed by atoms with van der Waals surface area (Å²) in [4.78, 5) is 27.1. The van der Waals surface area contributed by atoms with Gasteiger partial charge in [-0.05, 0) is 35.7 Å². The molecule has 0 radical (unpaired) electrons. The molecule has 1 fully saturated rings. The fourth-order valence-electron chi connectivity index (χ4n) is 3.58. The highest BCUT2D eigenvalue weighted by Crippen LogP contribution is 2.21. The van der Waals surface area contributed by atoms with Gasteiger partial charge < -0.3 is 9.84 Å². The summed E-state index contributed by atoms with van der Waals surface area (Å²) >= 11 is 0. The number of nitrogens with one attached hydrogen (secondary N) is 1. The Kier molecular flexibility index (Phi) is 8.53. The number of aromatic hydroxyl groups is 1. The number of piperazine rings is 1. The van der Waals surface area contributed by atoms with E-state index in [0.717, 1.165) is 43.9 Å². The van der Waals surface area contributed by atoms with Gasteiger partial charge in [-0.3, -0.25) is 19.4 Å². The molecule has 2 aromatic rings. The van der Waals surface area contributed by atoms with E-state index in [1.807, 2.05) is 30.3 Å². The van der Waals surface area contributed by atoms with Crippen molar-refractivity contribution in [3.05, 3.63) is 71.8 Å². The maximum atomic E-state index is 12.2. The zero-order valence-corrected chi connectivity index (χ0v) is 17.9. The van der Waals surface area contributed by atoms with E-state index in [9.17, 15) is 14.7 Å². The summed E-state index contributed by atoms with van der Waals surface area (Å²) in [6.45, 7) is 8.33. The predicted molar refractivity (Wildman–Crippen MR) is 123 cm³/mol. The lowest BCUT2D eigenvalue weighted by atomic mass is 10.1. The summed E-state index contributed by atoms with van der Waals surface area (Å²) in [5.74, 6) is 0.481. The van der Waals surface area contributed by atoms with Gasteiger partial charge in [-0.2, -0.15) is 5.10 Å². The summed E-state index contributed by atoms with van der Waals surface area (Å²) in [7, 11) is 0. The molecule has 0 bridgehead atoms. The van der Waals surface area contributed by atoms with Crippen LogP contribution in [0.4, 0.5) is 0 Å². The highest BCUT2D eigenvalue weighted by Gasteiger charge is 2.19. The van der Waals surface area contributed by atoms with Crippen LogP contribution in [0.15, 0.2) is 60.2 Å². The third-order valence-electron chi connectivity index (χ3n) is 5.23. The standard InChI is InChI=1S/C24H28N4O4/c1-2-5-20-7-4-8-21(24(20)31)15-25-26-23(30)17-28-12-10-27(11-13-28)16-19-6-3-9-22(14-19)32-18-29/h2-4,6-9,14-15,18,31H,1,5,10-13,16-17H2,(H,26,30). The molecule has 168 valence electrons. The van der Waals surface area contributed by atoms with Crippen LogP contribution in [0, 0.1) is 0 Å². The molecule has 1 aliphatic rings. The molecule has 0 atom stereocenters. The minimum Gasteiger partial charge on any atom is -0.507 e. The maximum Gasteiger partial charge on any atom is 0.298 e. The number of ether oxygens (including phenoxy) is 1. The lowest BCUT2D eigenvalue weighted by Crippen LogP contribution is -2.48. The zero-order chi connectivity index (χ0) is 22.8. The van der Waals surface area contributed by atoms with Gasteiger partial charge in [-0.25, -0.2) is 5.43 Å². The van der Waals surface area contributed by atoms with Crippen molar-refractivity contribution in [3.63, 3.8) is 0 Å². The quantitative estimate of drug-likeness (QED) is 0.256. The number of amides is 1. The molecule has 1 heterocycles. The van der Waals surface area contributed by atoms with Gasteiger partial charge in [0.2, 0.25) is 0 Å². The number of hydrogen-bond donors (Lipinski definition) is 2. The van der Waals surface area contributed by atoms with E-state index in [2.05, 4.69) is 26.9 Å². The Morgan fingerprint density at radius 2 is 1.91 bits per heavy atom. The Morgan fingerprint density at radius 1 is 1.16 bits per heavy atom. The number of phenols is 1.